The van der Waals surface area contributed by atoms with E-state index in [2.05, 4.69) is 26.2 Å². The van der Waals surface area contributed by atoms with Gasteiger partial charge in [0.25, 0.3) is 0 Å². The largest absolute Gasteiger partial charge is 0.493 e. The summed E-state index contributed by atoms with van der Waals surface area (Å²) in [6, 6.07) is 10.8. The molecule has 8 nitrogen and oxygen atoms in total. The molecule has 11 heteroatoms. The standard InChI is InChI=1S/C25H26BrClN4O4S/c1-5-10-35-23(32)20-14(2)28-24-29-25(36-13-15-8-6-7-9-18(15)27)30-31(24)21(20)16-11-17(26)22(34-4)19(12-16)33-3/h6-9,11-12,21H,5,10,13H2,1-4H3,(H,28,29,30). The van der Waals surface area contributed by atoms with E-state index in [1.165, 1.54) is 11.8 Å². The van der Waals surface area contributed by atoms with Gasteiger partial charge in [0, 0.05) is 16.5 Å². The number of nitrogens with zero attached hydrogens (tertiary/aromatic N) is 3. The van der Waals surface area contributed by atoms with Crippen LogP contribution >= 0.6 is 39.3 Å². The quantitative estimate of drug-likeness (QED) is 0.230. The molecular formula is C25H26BrClN4O4S. The van der Waals surface area contributed by atoms with Crippen LogP contribution in [0, 0.1) is 0 Å². The second-order valence-corrected chi connectivity index (χ2v) is 10.2. The van der Waals surface area contributed by atoms with Gasteiger partial charge in [0.1, 0.15) is 6.04 Å². The number of carbonyl (C=O) groups is 1. The van der Waals surface area contributed by atoms with Crippen LogP contribution in [0.15, 0.2) is 57.3 Å². The van der Waals surface area contributed by atoms with E-state index in [0.717, 1.165) is 17.5 Å². The molecule has 0 spiro atoms. The van der Waals surface area contributed by atoms with Crippen molar-refractivity contribution in [1.29, 1.82) is 0 Å². The summed E-state index contributed by atoms with van der Waals surface area (Å²) in [5.74, 6) is 1.80. The molecule has 0 fully saturated rings. The zero-order valence-corrected chi connectivity index (χ0v) is 23.5. The SMILES string of the molecule is CCCOC(=O)C1=C(C)Nc2nc(SCc3ccccc3Cl)nn2C1c1cc(Br)c(OC)c(OC)c1. The Morgan fingerprint density at radius 1 is 1.25 bits per heavy atom. The second kappa shape index (κ2) is 11.6. The van der Waals surface area contributed by atoms with E-state index < -0.39 is 12.0 Å². The Balaban J connectivity index is 1.77. The Morgan fingerprint density at radius 2 is 2.03 bits per heavy atom. The van der Waals surface area contributed by atoms with E-state index in [1.807, 2.05) is 50.2 Å². The molecule has 1 aliphatic rings. The number of hydrogen-bond acceptors (Lipinski definition) is 8. The maximum absolute atomic E-state index is 13.2. The number of esters is 1. The highest BCUT2D eigenvalue weighted by molar-refractivity contribution is 9.10. The van der Waals surface area contributed by atoms with Crippen molar-refractivity contribution in [3.8, 4) is 11.5 Å². The molecule has 190 valence electrons. The van der Waals surface area contributed by atoms with Crippen molar-refractivity contribution in [2.75, 3.05) is 26.1 Å². The third kappa shape index (κ3) is 5.35. The van der Waals surface area contributed by atoms with E-state index in [4.69, 9.17) is 30.9 Å². The van der Waals surface area contributed by atoms with Crippen molar-refractivity contribution in [3.05, 3.63) is 68.3 Å². The van der Waals surface area contributed by atoms with Gasteiger partial charge in [-0.1, -0.05) is 48.5 Å². The molecule has 1 unspecified atom stereocenters. The van der Waals surface area contributed by atoms with Crippen molar-refractivity contribution in [3.63, 3.8) is 0 Å². The summed E-state index contributed by atoms with van der Waals surface area (Å²) in [5, 5.41) is 9.23. The van der Waals surface area contributed by atoms with Gasteiger partial charge in [-0.25, -0.2) is 9.48 Å². The van der Waals surface area contributed by atoms with Gasteiger partial charge in [-0.05, 0) is 58.6 Å². The molecule has 3 aromatic rings. The fraction of sp³-hybridized carbons (Fsp3) is 0.320. The molecule has 0 amide bonds. The van der Waals surface area contributed by atoms with Crippen molar-refractivity contribution in [1.82, 2.24) is 14.8 Å². The van der Waals surface area contributed by atoms with Crippen LogP contribution in [0.5, 0.6) is 11.5 Å². The molecule has 0 saturated heterocycles. The van der Waals surface area contributed by atoms with Crippen LogP contribution in [0.2, 0.25) is 5.02 Å². The van der Waals surface area contributed by atoms with Crippen LogP contribution in [0.4, 0.5) is 5.95 Å². The number of rotatable bonds is 9. The Morgan fingerprint density at radius 3 is 2.72 bits per heavy atom. The highest BCUT2D eigenvalue weighted by atomic mass is 79.9. The Bertz CT molecular complexity index is 1310. The normalized spacial score (nSPS) is 14.8. The van der Waals surface area contributed by atoms with Crippen LogP contribution in [-0.4, -0.2) is 41.6 Å². The second-order valence-electron chi connectivity index (χ2n) is 7.98. The first-order valence-electron chi connectivity index (χ1n) is 11.3. The smallest absolute Gasteiger partial charge is 0.338 e. The average Bonchev–Trinajstić information content (AvgIpc) is 3.27. The van der Waals surface area contributed by atoms with Crippen LogP contribution in [0.25, 0.3) is 0 Å². The van der Waals surface area contributed by atoms with Gasteiger partial charge < -0.3 is 19.5 Å². The summed E-state index contributed by atoms with van der Waals surface area (Å²) in [6.07, 6.45) is 0.718. The Kier molecular flexibility index (Phi) is 8.48. The molecule has 2 aromatic carbocycles. The fourth-order valence-corrected chi connectivity index (χ4v) is 5.63. The number of carbonyl (C=O) groups excluding carboxylic acids is 1. The van der Waals surface area contributed by atoms with E-state index in [9.17, 15) is 4.79 Å². The van der Waals surface area contributed by atoms with E-state index in [0.29, 0.717) is 55.7 Å². The van der Waals surface area contributed by atoms with Gasteiger partial charge >= 0.3 is 5.97 Å². The average molecular weight is 594 g/mol. The van der Waals surface area contributed by atoms with Crippen LogP contribution in [0.1, 0.15) is 37.4 Å². The minimum absolute atomic E-state index is 0.321. The van der Waals surface area contributed by atoms with Gasteiger partial charge in [0.15, 0.2) is 11.5 Å². The summed E-state index contributed by atoms with van der Waals surface area (Å²) < 4.78 is 19.0. The number of aromatic nitrogens is 3. The van der Waals surface area contributed by atoms with Gasteiger partial charge in [-0.15, -0.1) is 5.10 Å². The summed E-state index contributed by atoms with van der Waals surface area (Å²) in [7, 11) is 3.14. The topological polar surface area (TPSA) is 87.5 Å². The van der Waals surface area contributed by atoms with Gasteiger partial charge in [0.2, 0.25) is 11.1 Å². The summed E-state index contributed by atoms with van der Waals surface area (Å²) in [6.45, 7) is 4.11. The predicted molar refractivity (Wildman–Crippen MR) is 144 cm³/mol. The molecule has 0 aliphatic carbocycles. The van der Waals surface area contributed by atoms with Crippen LogP contribution in [-0.2, 0) is 15.3 Å². The van der Waals surface area contributed by atoms with E-state index in [-0.39, 0.29) is 0 Å². The summed E-state index contributed by atoms with van der Waals surface area (Å²) in [4.78, 5) is 17.9. The lowest BCUT2D eigenvalue weighted by Crippen LogP contribution is -2.30. The first-order chi connectivity index (χ1) is 17.4. The van der Waals surface area contributed by atoms with Crippen molar-refractivity contribution < 1.29 is 19.0 Å². The number of methoxy groups -OCH3 is 2. The monoisotopic (exact) mass is 592 g/mol. The Hall–Kier alpha value is -2.69. The lowest BCUT2D eigenvalue weighted by molar-refractivity contribution is -0.139. The molecule has 1 aliphatic heterocycles. The summed E-state index contributed by atoms with van der Waals surface area (Å²) >= 11 is 11.4. The molecule has 1 N–H and O–H groups in total. The lowest BCUT2D eigenvalue weighted by atomic mass is 9.95. The molecular weight excluding hydrogens is 568 g/mol. The molecule has 1 aromatic heterocycles. The molecule has 0 bridgehead atoms. The highest BCUT2D eigenvalue weighted by Gasteiger charge is 2.36. The first-order valence-corrected chi connectivity index (χ1v) is 13.4. The zero-order chi connectivity index (χ0) is 25.8. The minimum Gasteiger partial charge on any atom is -0.493 e. The number of benzene rings is 2. The molecule has 0 saturated carbocycles. The summed E-state index contributed by atoms with van der Waals surface area (Å²) in [5.41, 5.74) is 2.85. The number of nitrogens with one attached hydrogen (secondary N) is 1. The number of hydrogen-bond donors (Lipinski definition) is 1. The maximum Gasteiger partial charge on any atom is 0.338 e. The van der Waals surface area contributed by atoms with E-state index >= 15 is 0 Å². The van der Waals surface area contributed by atoms with Crippen molar-refractivity contribution >= 4 is 51.2 Å². The van der Waals surface area contributed by atoms with Crippen molar-refractivity contribution in [2.45, 2.75) is 37.2 Å². The third-order valence-corrected chi connectivity index (χ3v) is 7.42. The first kappa shape index (κ1) is 26.4. The molecule has 4 rings (SSSR count). The molecule has 2 heterocycles. The van der Waals surface area contributed by atoms with Gasteiger partial charge in [-0.2, -0.15) is 4.98 Å². The number of halogens is 2. The number of thioether (sulfide) groups is 1. The Labute approximate surface area is 227 Å². The maximum atomic E-state index is 13.2. The minimum atomic E-state index is -0.594. The van der Waals surface area contributed by atoms with E-state index in [1.54, 1.807) is 18.9 Å². The molecule has 36 heavy (non-hydrogen) atoms. The number of anilines is 1. The zero-order valence-electron chi connectivity index (χ0n) is 20.3. The van der Waals surface area contributed by atoms with Crippen molar-refractivity contribution in [2.24, 2.45) is 0 Å². The molecule has 0 radical (unpaired) electrons. The highest BCUT2D eigenvalue weighted by Crippen LogP contribution is 2.43. The van der Waals surface area contributed by atoms with Crippen LogP contribution < -0.4 is 14.8 Å². The van der Waals surface area contributed by atoms with Crippen LogP contribution in [0.3, 0.4) is 0 Å². The number of ether oxygens (including phenoxy) is 3. The third-order valence-electron chi connectivity index (χ3n) is 5.58. The fourth-order valence-electron chi connectivity index (χ4n) is 3.89. The predicted octanol–water partition coefficient (Wildman–Crippen LogP) is 6.25. The molecule has 1 atom stereocenters. The number of allylic oxidation sites excluding steroid dienone is 1. The lowest BCUT2D eigenvalue weighted by Gasteiger charge is -2.28. The van der Waals surface area contributed by atoms with Gasteiger partial charge in [0.05, 0.1) is 30.9 Å². The van der Waals surface area contributed by atoms with Gasteiger partial charge in [-0.3, -0.25) is 0 Å². The number of fused-ring (bicyclic) bond motifs is 1.